The van der Waals surface area contributed by atoms with Gasteiger partial charge in [0.1, 0.15) is 5.76 Å². The molecule has 4 nitrogen and oxygen atoms in total. The van der Waals surface area contributed by atoms with Crippen LogP contribution in [0.25, 0.3) is 0 Å². The van der Waals surface area contributed by atoms with Crippen LogP contribution in [0.3, 0.4) is 0 Å². The molecule has 0 fully saturated rings. The molecule has 0 saturated carbocycles. The number of hydrogen-bond donors (Lipinski definition) is 1. The lowest BCUT2D eigenvalue weighted by molar-refractivity contribution is 0.284. The Morgan fingerprint density at radius 3 is 2.50 bits per heavy atom. The number of nitrogens with zero attached hydrogens (tertiary/aromatic N) is 2. The van der Waals surface area contributed by atoms with E-state index >= 15 is 0 Å². The summed E-state index contributed by atoms with van der Waals surface area (Å²) in [5.74, 6) is 0.818. The van der Waals surface area contributed by atoms with Crippen LogP contribution in [0.2, 0.25) is 0 Å². The van der Waals surface area contributed by atoms with Crippen molar-refractivity contribution < 1.29 is 4.74 Å². The molecule has 92 valence electrons. The van der Waals surface area contributed by atoms with E-state index in [-0.39, 0.29) is 0 Å². The average Bonchev–Trinajstić information content (AvgIpc) is 2.26. The Labute approximate surface area is 98.3 Å². The van der Waals surface area contributed by atoms with Crippen LogP contribution in [-0.2, 0) is 4.74 Å². The number of allylic oxidation sites excluding steroid dienone is 3. The summed E-state index contributed by atoms with van der Waals surface area (Å²) in [6.45, 7) is 2.07. The lowest BCUT2D eigenvalue weighted by Gasteiger charge is -2.27. The number of rotatable bonds is 5. The monoisotopic (exact) mass is 225 g/mol. The molecule has 0 amide bonds. The zero-order chi connectivity index (χ0) is 12.1. The van der Waals surface area contributed by atoms with Crippen molar-refractivity contribution in [3.05, 3.63) is 23.2 Å². The first-order valence-electron chi connectivity index (χ1n) is 5.63. The number of hydrogen-bond acceptors (Lipinski definition) is 4. The van der Waals surface area contributed by atoms with Crippen molar-refractivity contribution in [1.29, 1.82) is 0 Å². The molecule has 0 aromatic heterocycles. The molecule has 16 heavy (non-hydrogen) atoms. The van der Waals surface area contributed by atoms with Gasteiger partial charge in [0.15, 0.2) is 0 Å². The predicted octanol–water partition coefficient (Wildman–Crippen LogP) is 0.974. The van der Waals surface area contributed by atoms with Crippen LogP contribution in [-0.4, -0.2) is 51.1 Å². The number of ether oxygens (including phenoxy) is 1. The van der Waals surface area contributed by atoms with Crippen LogP contribution in [0.15, 0.2) is 23.2 Å². The summed E-state index contributed by atoms with van der Waals surface area (Å²) in [6, 6.07) is 0. The zero-order valence-corrected chi connectivity index (χ0v) is 10.8. The van der Waals surface area contributed by atoms with E-state index in [9.17, 15) is 0 Å². The molecular weight excluding hydrogens is 202 g/mol. The maximum absolute atomic E-state index is 5.86. The molecule has 0 aliphatic heterocycles. The van der Waals surface area contributed by atoms with Crippen LogP contribution >= 0.6 is 0 Å². The fraction of sp³-hybridized carbons (Fsp3) is 0.667. The molecule has 1 aliphatic carbocycles. The van der Waals surface area contributed by atoms with E-state index < -0.39 is 0 Å². The van der Waals surface area contributed by atoms with Gasteiger partial charge in [-0.25, -0.2) is 0 Å². The smallest absolute Gasteiger partial charge is 0.139 e. The van der Waals surface area contributed by atoms with Crippen LogP contribution in [0, 0.1) is 0 Å². The Morgan fingerprint density at radius 2 is 1.94 bits per heavy atom. The van der Waals surface area contributed by atoms with Gasteiger partial charge < -0.3 is 20.3 Å². The van der Waals surface area contributed by atoms with Gasteiger partial charge in [0.25, 0.3) is 0 Å². The van der Waals surface area contributed by atoms with Crippen molar-refractivity contribution in [3.63, 3.8) is 0 Å². The second kappa shape index (κ2) is 5.80. The summed E-state index contributed by atoms with van der Waals surface area (Å²) >= 11 is 0. The highest BCUT2D eigenvalue weighted by molar-refractivity contribution is 5.27. The van der Waals surface area contributed by atoms with Crippen molar-refractivity contribution in [2.75, 3.05) is 41.3 Å². The van der Waals surface area contributed by atoms with Crippen molar-refractivity contribution in [2.24, 2.45) is 5.73 Å². The summed E-state index contributed by atoms with van der Waals surface area (Å²) in [5.41, 5.74) is 8.01. The Bertz CT molecular complexity index is 295. The normalized spacial score (nSPS) is 16.4. The van der Waals surface area contributed by atoms with E-state index in [1.807, 2.05) is 0 Å². The highest BCUT2D eigenvalue weighted by atomic mass is 16.5. The minimum atomic E-state index is 0.818. The second-order valence-electron chi connectivity index (χ2n) is 4.45. The third-order valence-electron chi connectivity index (χ3n) is 2.86. The first-order valence-corrected chi connectivity index (χ1v) is 5.63. The molecule has 1 rings (SSSR count). The Balaban J connectivity index is 2.60. The summed E-state index contributed by atoms with van der Waals surface area (Å²) in [5, 5.41) is 0. The molecule has 0 unspecified atom stereocenters. The van der Waals surface area contributed by atoms with E-state index in [2.05, 4.69) is 37.0 Å². The van der Waals surface area contributed by atoms with E-state index in [4.69, 9.17) is 10.5 Å². The molecule has 0 radical (unpaired) electrons. The first-order chi connectivity index (χ1) is 7.54. The Hall–Kier alpha value is -1.16. The van der Waals surface area contributed by atoms with E-state index in [0.717, 1.165) is 37.4 Å². The highest BCUT2D eigenvalue weighted by Gasteiger charge is 2.14. The van der Waals surface area contributed by atoms with Gasteiger partial charge in [-0.05, 0) is 26.9 Å². The summed E-state index contributed by atoms with van der Waals surface area (Å²) in [6.07, 6.45) is 3.94. The highest BCUT2D eigenvalue weighted by Crippen LogP contribution is 2.22. The zero-order valence-electron chi connectivity index (χ0n) is 10.8. The maximum atomic E-state index is 5.86. The van der Waals surface area contributed by atoms with Gasteiger partial charge in [0.2, 0.25) is 0 Å². The number of methoxy groups -OCH3 is 1. The van der Waals surface area contributed by atoms with E-state index in [1.54, 1.807) is 7.11 Å². The van der Waals surface area contributed by atoms with Gasteiger partial charge in [-0.2, -0.15) is 0 Å². The van der Waals surface area contributed by atoms with Crippen LogP contribution in [0.5, 0.6) is 0 Å². The molecule has 0 spiro atoms. The number of likely N-dealkylation sites (N-methyl/N-ethyl adjacent to an activating group) is 2. The minimum Gasteiger partial charge on any atom is -0.495 e. The third-order valence-corrected chi connectivity index (χ3v) is 2.86. The second-order valence-corrected chi connectivity index (χ2v) is 4.45. The van der Waals surface area contributed by atoms with Crippen molar-refractivity contribution in [2.45, 2.75) is 12.8 Å². The fourth-order valence-electron chi connectivity index (χ4n) is 1.69. The topological polar surface area (TPSA) is 41.7 Å². The van der Waals surface area contributed by atoms with Crippen LogP contribution in [0.4, 0.5) is 0 Å². The summed E-state index contributed by atoms with van der Waals surface area (Å²) < 4.78 is 5.25. The molecule has 4 heteroatoms. The fourth-order valence-corrected chi connectivity index (χ4v) is 1.69. The lowest BCUT2D eigenvalue weighted by atomic mass is 10.1. The summed E-state index contributed by atoms with van der Waals surface area (Å²) in [4.78, 5) is 4.45. The quantitative estimate of drug-likeness (QED) is 0.757. The third kappa shape index (κ3) is 3.45. The van der Waals surface area contributed by atoms with Gasteiger partial charge in [-0.3, -0.25) is 0 Å². The first kappa shape index (κ1) is 12.9. The standard InChI is InChI=1S/C12H23N3O/c1-14(2)7-8-15(3)10-5-6-11(13)12(9-10)16-4/h9H,5-8,13H2,1-4H3. The molecular formula is C12H23N3O. The molecule has 0 atom stereocenters. The van der Waals surface area contributed by atoms with Crippen LogP contribution < -0.4 is 5.73 Å². The SMILES string of the molecule is COC1=C(N)CCC(N(C)CCN(C)C)=C1. The molecule has 0 aromatic rings. The van der Waals surface area contributed by atoms with Crippen molar-refractivity contribution in [3.8, 4) is 0 Å². The van der Waals surface area contributed by atoms with Gasteiger partial charge in [-0.1, -0.05) is 0 Å². The number of nitrogens with two attached hydrogens (primary N) is 1. The maximum Gasteiger partial charge on any atom is 0.139 e. The minimum absolute atomic E-state index is 0.818. The van der Waals surface area contributed by atoms with Gasteiger partial charge in [-0.15, -0.1) is 0 Å². The molecule has 0 bridgehead atoms. The average molecular weight is 225 g/mol. The molecule has 1 aliphatic rings. The van der Waals surface area contributed by atoms with Gasteiger partial charge in [0.05, 0.1) is 12.8 Å². The molecule has 2 N–H and O–H groups in total. The largest absolute Gasteiger partial charge is 0.495 e. The van der Waals surface area contributed by atoms with Gasteiger partial charge >= 0.3 is 0 Å². The molecule has 0 saturated heterocycles. The van der Waals surface area contributed by atoms with Gasteiger partial charge in [0, 0.05) is 31.9 Å². The predicted molar refractivity (Wildman–Crippen MR) is 66.7 cm³/mol. The Morgan fingerprint density at radius 1 is 1.25 bits per heavy atom. The lowest BCUT2D eigenvalue weighted by Crippen LogP contribution is -2.29. The van der Waals surface area contributed by atoms with Crippen molar-refractivity contribution in [1.82, 2.24) is 9.80 Å². The van der Waals surface area contributed by atoms with Crippen molar-refractivity contribution >= 4 is 0 Å². The van der Waals surface area contributed by atoms with Crippen LogP contribution in [0.1, 0.15) is 12.8 Å². The molecule has 0 heterocycles. The van der Waals surface area contributed by atoms with E-state index in [0.29, 0.717) is 0 Å². The van der Waals surface area contributed by atoms with E-state index in [1.165, 1.54) is 5.70 Å². The Kier molecular flexibility index (Phi) is 4.68. The molecule has 0 aromatic carbocycles. The summed E-state index contributed by atoms with van der Waals surface area (Å²) in [7, 11) is 7.95.